The topological polar surface area (TPSA) is 76.7 Å². The second-order valence-electron chi connectivity index (χ2n) is 5.19. The minimum absolute atomic E-state index is 0.141. The Morgan fingerprint density at radius 2 is 1.19 bits per heavy atom. The van der Waals surface area contributed by atoms with Gasteiger partial charge in [0.1, 0.15) is 23.3 Å². The normalized spacial score (nSPS) is 10.2. The first-order chi connectivity index (χ1) is 12.5. The number of methoxy groups -OCH3 is 2. The molecular formula is C18H18Cl2N2O4. The van der Waals surface area contributed by atoms with E-state index in [4.69, 9.17) is 32.7 Å². The lowest BCUT2D eigenvalue weighted by atomic mass is 10.0. The second-order valence-corrected chi connectivity index (χ2v) is 5.73. The Balaban J connectivity index is 2.35. The van der Waals surface area contributed by atoms with Crippen LogP contribution in [0.15, 0.2) is 36.4 Å². The summed E-state index contributed by atoms with van der Waals surface area (Å²) in [5, 5.41) is 5.34. The first-order valence-electron chi connectivity index (χ1n) is 7.60. The molecule has 2 aromatic carbocycles. The van der Waals surface area contributed by atoms with E-state index in [1.807, 2.05) is 12.1 Å². The molecule has 0 aliphatic rings. The van der Waals surface area contributed by atoms with Crippen LogP contribution in [0.5, 0.6) is 11.5 Å². The van der Waals surface area contributed by atoms with Crippen LogP contribution >= 0.6 is 23.2 Å². The minimum Gasteiger partial charge on any atom is -0.495 e. The predicted octanol–water partition coefficient (Wildman–Crippen LogP) is 3.73. The molecule has 0 fully saturated rings. The summed E-state index contributed by atoms with van der Waals surface area (Å²) in [7, 11) is 3.03. The van der Waals surface area contributed by atoms with E-state index in [9.17, 15) is 9.59 Å². The molecule has 0 bridgehead atoms. The van der Waals surface area contributed by atoms with Crippen molar-refractivity contribution in [3.05, 3.63) is 36.4 Å². The molecule has 0 radical (unpaired) electrons. The maximum Gasteiger partial charge on any atom is 0.239 e. The van der Waals surface area contributed by atoms with Gasteiger partial charge >= 0.3 is 0 Å². The zero-order valence-corrected chi connectivity index (χ0v) is 15.8. The molecule has 138 valence electrons. The van der Waals surface area contributed by atoms with Gasteiger partial charge in [0.25, 0.3) is 0 Å². The van der Waals surface area contributed by atoms with Crippen LogP contribution in [-0.2, 0) is 9.59 Å². The van der Waals surface area contributed by atoms with Crippen molar-refractivity contribution in [3.8, 4) is 22.6 Å². The third-order valence-corrected chi connectivity index (χ3v) is 4.01. The molecule has 8 heteroatoms. The number of alkyl halides is 2. The summed E-state index contributed by atoms with van der Waals surface area (Å²) in [5.74, 6) is 0.0753. The maximum atomic E-state index is 11.5. The van der Waals surface area contributed by atoms with Gasteiger partial charge in [-0.3, -0.25) is 9.59 Å². The van der Waals surface area contributed by atoms with Crippen LogP contribution in [0, 0.1) is 0 Å². The van der Waals surface area contributed by atoms with Crippen LogP contribution in [-0.4, -0.2) is 37.8 Å². The number of halogens is 2. The van der Waals surface area contributed by atoms with Crippen molar-refractivity contribution in [2.75, 3.05) is 36.6 Å². The Bertz CT molecular complexity index is 744. The van der Waals surface area contributed by atoms with Crippen LogP contribution in [0.3, 0.4) is 0 Å². The van der Waals surface area contributed by atoms with Crippen molar-refractivity contribution in [2.24, 2.45) is 0 Å². The molecule has 0 aliphatic heterocycles. The SMILES string of the molecule is COc1cc(-c2ccc(NC(=O)CCl)c(OC)c2)ccc1NC(=O)CCl. The molecule has 2 amide bonds. The van der Waals surface area contributed by atoms with Gasteiger partial charge in [0, 0.05) is 0 Å². The van der Waals surface area contributed by atoms with E-state index in [1.54, 1.807) is 24.3 Å². The molecule has 2 rings (SSSR count). The van der Waals surface area contributed by atoms with Gasteiger partial charge in [-0.05, 0) is 35.4 Å². The fourth-order valence-electron chi connectivity index (χ4n) is 2.32. The van der Waals surface area contributed by atoms with E-state index in [1.165, 1.54) is 14.2 Å². The summed E-state index contributed by atoms with van der Waals surface area (Å²) in [4.78, 5) is 23.0. The number of carbonyl (C=O) groups excluding carboxylic acids is 2. The average Bonchev–Trinajstić information content (AvgIpc) is 2.68. The summed E-state index contributed by atoms with van der Waals surface area (Å²) in [6, 6.07) is 10.7. The number of hydrogen-bond acceptors (Lipinski definition) is 4. The van der Waals surface area contributed by atoms with Crippen LogP contribution in [0.2, 0.25) is 0 Å². The number of anilines is 2. The van der Waals surface area contributed by atoms with Gasteiger partial charge in [0.15, 0.2) is 0 Å². The molecule has 0 saturated heterocycles. The van der Waals surface area contributed by atoms with E-state index < -0.39 is 0 Å². The molecule has 0 heterocycles. The van der Waals surface area contributed by atoms with E-state index in [2.05, 4.69) is 10.6 Å². The molecule has 0 unspecified atom stereocenters. The van der Waals surface area contributed by atoms with Crippen LogP contribution in [0.1, 0.15) is 0 Å². The van der Waals surface area contributed by atoms with Gasteiger partial charge in [-0.15, -0.1) is 23.2 Å². The highest BCUT2D eigenvalue weighted by Crippen LogP contribution is 2.35. The monoisotopic (exact) mass is 396 g/mol. The molecule has 26 heavy (non-hydrogen) atoms. The standard InChI is InChI=1S/C18H18Cl2N2O4/c1-25-15-7-11(3-5-13(15)21-17(23)9-19)12-4-6-14(16(8-12)26-2)22-18(24)10-20/h3-8H,9-10H2,1-2H3,(H,21,23)(H,22,24). The molecule has 0 aliphatic carbocycles. The third kappa shape index (κ3) is 4.80. The maximum absolute atomic E-state index is 11.5. The van der Waals surface area contributed by atoms with E-state index in [0.29, 0.717) is 22.9 Å². The lowest BCUT2D eigenvalue weighted by Crippen LogP contribution is -2.13. The largest absolute Gasteiger partial charge is 0.495 e. The summed E-state index contributed by atoms with van der Waals surface area (Å²) in [6.07, 6.45) is 0. The van der Waals surface area contributed by atoms with Gasteiger partial charge in [-0.2, -0.15) is 0 Å². The van der Waals surface area contributed by atoms with E-state index >= 15 is 0 Å². The zero-order valence-electron chi connectivity index (χ0n) is 14.3. The average molecular weight is 397 g/mol. The molecule has 6 nitrogen and oxygen atoms in total. The smallest absolute Gasteiger partial charge is 0.239 e. The Morgan fingerprint density at radius 1 is 0.808 bits per heavy atom. The fourth-order valence-corrected chi connectivity index (χ4v) is 2.45. The predicted molar refractivity (Wildman–Crippen MR) is 104 cm³/mol. The quantitative estimate of drug-likeness (QED) is 0.699. The first-order valence-corrected chi connectivity index (χ1v) is 8.67. The van der Waals surface area contributed by atoms with Gasteiger partial charge in [-0.25, -0.2) is 0 Å². The number of hydrogen-bond donors (Lipinski definition) is 2. The molecule has 0 atom stereocenters. The lowest BCUT2D eigenvalue weighted by Gasteiger charge is -2.14. The number of carbonyl (C=O) groups is 2. The van der Waals surface area contributed by atoms with Gasteiger partial charge in [0.2, 0.25) is 11.8 Å². The minimum atomic E-state index is -0.321. The van der Waals surface area contributed by atoms with Crippen molar-refractivity contribution in [3.63, 3.8) is 0 Å². The van der Waals surface area contributed by atoms with E-state index in [0.717, 1.165) is 11.1 Å². The summed E-state index contributed by atoms with van der Waals surface area (Å²) >= 11 is 11.0. The van der Waals surface area contributed by atoms with E-state index in [-0.39, 0.29) is 23.6 Å². The summed E-state index contributed by atoms with van der Waals surface area (Å²) in [5.41, 5.74) is 2.75. The molecule has 0 saturated carbocycles. The number of amides is 2. The van der Waals surface area contributed by atoms with Crippen molar-refractivity contribution < 1.29 is 19.1 Å². The highest BCUT2D eigenvalue weighted by atomic mass is 35.5. The van der Waals surface area contributed by atoms with Crippen molar-refractivity contribution in [1.29, 1.82) is 0 Å². The highest BCUT2D eigenvalue weighted by molar-refractivity contribution is 6.29. The molecule has 2 aromatic rings. The highest BCUT2D eigenvalue weighted by Gasteiger charge is 2.12. The Morgan fingerprint density at radius 3 is 1.50 bits per heavy atom. The third-order valence-electron chi connectivity index (χ3n) is 3.53. The van der Waals surface area contributed by atoms with Gasteiger partial charge in [0.05, 0.1) is 25.6 Å². The van der Waals surface area contributed by atoms with Crippen molar-refractivity contribution in [1.82, 2.24) is 0 Å². The van der Waals surface area contributed by atoms with Crippen LogP contribution in [0.4, 0.5) is 11.4 Å². The summed E-state index contributed by atoms with van der Waals surface area (Å²) in [6.45, 7) is 0. The zero-order chi connectivity index (χ0) is 19.1. The Kier molecular flexibility index (Phi) is 7.12. The second kappa shape index (κ2) is 9.31. The lowest BCUT2D eigenvalue weighted by molar-refractivity contribution is -0.114. The van der Waals surface area contributed by atoms with Crippen LogP contribution in [0.25, 0.3) is 11.1 Å². The van der Waals surface area contributed by atoms with Crippen molar-refractivity contribution >= 4 is 46.4 Å². The fraction of sp³-hybridized carbons (Fsp3) is 0.222. The Labute approximate surface area is 161 Å². The Hall–Kier alpha value is -2.44. The number of benzene rings is 2. The first kappa shape index (κ1) is 19.9. The molecule has 0 aromatic heterocycles. The number of ether oxygens (including phenoxy) is 2. The summed E-state index contributed by atoms with van der Waals surface area (Å²) < 4.78 is 10.7. The van der Waals surface area contributed by atoms with Gasteiger partial charge < -0.3 is 20.1 Å². The van der Waals surface area contributed by atoms with Gasteiger partial charge in [-0.1, -0.05) is 12.1 Å². The molecule has 0 spiro atoms. The molecular weight excluding hydrogens is 379 g/mol. The van der Waals surface area contributed by atoms with Crippen molar-refractivity contribution in [2.45, 2.75) is 0 Å². The number of rotatable bonds is 7. The molecule has 2 N–H and O–H groups in total. The van der Waals surface area contributed by atoms with Crippen LogP contribution < -0.4 is 20.1 Å². The number of nitrogens with one attached hydrogen (secondary N) is 2.